The third kappa shape index (κ3) is 1.60. The molecule has 0 radical (unpaired) electrons. The quantitative estimate of drug-likeness (QED) is 0.457. The molecule has 0 amide bonds. The first-order chi connectivity index (χ1) is 4.24. The van der Waals surface area contributed by atoms with Gasteiger partial charge in [-0.1, -0.05) is 0 Å². The van der Waals surface area contributed by atoms with E-state index < -0.39 is 0 Å². The summed E-state index contributed by atoms with van der Waals surface area (Å²) in [6.07, 6.45) is 1.64. The third-order valence-corrected chi connectivity index (χ3v) is 2.46. The van der Waals surface area contributed by atoms with E-state index in [-0.39, 0.29) is 11.4 Å². The lowest BCUT2D eigenvalue weighted by molar-refractivity contribution is 0.185. The molecule has 0 saturated heterocycles. The fourth-order valence-electron chi connectivity index (χ4n) is 1.23. The summed E-state index contributed by atoms with van der Waals surface area (Å²) in [6.45, 7) is 0. The molecule has 0 aromatic carbocycles. The Morgan fingerprint density at radius 2 is 2.22 bits per heavy atom. The molecule has 1 fully saturated rings. The van der Waals surface area contributed by atoms with Gasteiger partial charge >= 0.3 is 0 Å². The highest BCUT2D eigenvalue weighted by atomic mass is 32.1. The van der Waals surface area contributed by atoms with Crippen LogP contribution in [0.1, 0.15) is 12.8 Å². The molecule has 2 nitrogen and oxygen atoms in total. The van der Waals surface area contributed by atoms with E-state index in [0.29, 0.717) is 6.04 Å². The predicted molar refractivity (Wildman–Crippen MR) is 40.9 cm³/mol. The summed E-state index contributed by atoms with van der Waals surface area (Å²) in [4.78, 5) is 0. The molecule has 1 aliphatic rings. The molecular weight excluding hydrogens is 134 g/mol. The van der Waals surface area contributed by atoms with E-state index in [1.54, 1.807) is 0 Å². The zero-order valence-electron chi connectivity index (χ0n) is 5.54. The van der Waals surface area contributed by atoms with Crippen LogP contribution in [0.5, 0.6) is 0 Å². The van der Waals surface area contributed by atoms with Crippen LogP contribution >= 0.6 is 12.6 Å². The van der Waals surface area contributed by atoms with Crippen molar-refractivity contribution in [2.24, 2.45) is 0 Å². The van der Waals surface area contributed by atoms with Crippen molar-refractivity contribution in [1.82, 2.24) is 5.32 Å². The molecule has 3 atom stereocenters. The molecule has 3 heteroatoms. The molecule has 1 saturated carbocycles. The Bertz CT molecular complexity index is 89.1. The van der Waals surface area contributed by atoms with Crippen LogP contribution < -0.4 is 5.32 Å². The molecule has 0 bridgehead atoms. The maximum Gasteiger partial charge on any atom is 0.0671 e. The molecule has 0 heterocycles. The third-order valence-electron chi connectivity index (χ3n) is 1.90. The lowest BCUT2D eigenvalue weighted by Gasteiger charge is -2.04. The molecule has 1 aliphatic carbocycles. The van der Waals surface area contributed by atoms with Gasteiger partial charge in [-0.2, -0.15) is 12.6 Å². The van der Waals surface area contributed by atoms with E-state index >= 15 is 0 Å². The Balaban J connectivity index is 2.35. The van der Waals surface area contributed by atoms with Crippen LogP contribution in [0, 0.1) is 0 Å². The van der Waals surface area contributed by atoms with Crippen molar-refractivity contribution in [2.75, 3.05) is 7.05 Å². The van der Waals surface area contributed by atoms with Gasteiger partial charge in [0, 0.05) is 11.3 Å². The molecule has 0 aromatic rings. The molecular formula is C6H13NOS. The number of thiol groups is 1. The normalized spacial score (nSPS) is 43.7. The predicted octanol–water partition coefficient (Wildman–Crippen LogP) is 0.0275. The summed E-state index contributed by atoms with van der Waals surface area (Å²) in [5, 5.41) is 12.5. The molecule has 0 unspecified atom stereocenters. The van der Waals surface area contributed by atoms with Gasteiger partial charge in [-0.15, -0.1) is 0 Å². The highest BCUT2D eigenvalue weighted by Crippen LogP contribution is 2.23. The largest absolute Gasteiger partial charge is 0.392 e. The van der Waals surface area contributed by atoms with Crippen LogP contribution in [0.4, 0.5) is 0 Å². The first-order valence-corrected chi connectivity index (χ1v) is 3.79. The van der Waals surface area contributed by atoms with Crippen molar-refractivity contribution >= 4 is 12.6 Å². The summed E-state index contributed by atoms with van der Waals surface area (Å²) in [7, 11) is 1.92. The molecule has 2 N–H and O–H groups in total. The Morgan fingerprint density at radius 1 is 1.56 bits per heavy atom. The Kier molecular flexibility index (Phi) is 2.38. The van der Waals surface area contributed by atoms with Gasteiger partial charge in [0.2, 0.25) is 0 Å². The number of hydrogen-bond donors (Lipinski definition) is 3. The molecule has 0 spiro atoms. The maximum absolute atomic E-state index is 9.18. The lowest BCUT2D eigenvalue weighted by atomic mass is 10.2. The zero-order valence-corrected chi connectivity index (χ0v) is 6.44. The van der Waals surface area contributed by atoms with Crippen molar-refractivity contribution in [3.63, 3.8) is 0 Å². The zero-order chi connectivity index (χ0) is 6.85. The molecule has 1 rings (SSSR count). The van der Waals surface area contributed by atoms with Gasteiger partial charge in [0.05, 0.1) is 6.10 Å². The Morgan fingerprint density at radius 3 is 2.44 bits per heavy atom. The van der Waals surface area contributed by atoms with Crippen LogP contribution in [0.15, 0.2) is 0 Å². The van der Waals surface area contributed by atoms with Crippen molar-refractivity contribution in [3.8, 4) is 0 Å². The van der Waals surface area contributed by atoms with Crippen LogP contribution in [0.25, 0.3) is 0 Å². The standard InChI is InChI=1S/C6H13NOS/c1-7-4-2-5(8)6(9)3-4/h4-9H,2-3H2,1H3/t4-,5-,6-/m0/s1. The Labute approximate surface area is 61.1 Å². The summed E-state index contributed by atoms with van der Waals surface area (Å²) < 4.78 is 0. The second-order valence-electron chi connectivity index (χ2n) is 2.59. The van der Waals surface area contributed by atoms with E-state index in [1.165, 1.54) is 0 Å². The summed E-state index contributed by atoms with van der Waals surface area (Å²) in [6, 6.07) is 0.475. The van der Waals surface area contributed by atoms with Gasteiger partial charge in [0.1, 0.15) is 0 Å². The molecule has 9 heavy (non-hydrogen) atoms. The van der Waals surface area contributed by atoms with Crippen LogP contribution in [-0.4, -0.2) is 29.5 Å². The van der Waals surface area contributed by atoms with Gasteiger partial charge in [-0.3, -0.25) is 0 Å². The number of aliphatic hydroxyl groups is 1. The van der Waals surface area contributed by atoms with Gasteiger partial charge in [0.25, 0.3) is 0 Å². The number of nitrogens with one attached hydrogen (secondary N) is 1. The van der Waals surface area contributed by atoms with Crippen molar-refractivity contribution in [1.29, 1.82) is 0 Å². The molecule has 54 valence electrons. The van der Waals surface area contributed by atoms with Gasteiger partial charge in [-0.05, 0) is 19.9 Å². The fraction of sp³-hybridized carbons (Fsp3) is 1.00. The highest BCUT2D eigenvalue weighted by molar-refractivity contribution is 7.81. The van der Waals surface area contributed by atoms with Gasteiger partial charge < -0.3 is 10.4 Å². The second kappa shape index (κ2) is 2.90. The van der Waals surface area contributed by atoms with E-state index in [1.807, 2.05) is 7.05 Å². The maximum atomic E-state index is 9.18. The van der Waals surface area contributed by atoms with Crippen molar-refractivity contribution in [3.05, 3.63) is 0 Å². The van der Waals surface area contributed by atoms with E-state index in [2.05, 4.69) is 17.9 Å². The summed E-state index contributed by atoms with van der Waals surface area (Å²) in [5.74, 6) is 0. The molecule has 0 aliphatic heterocycles. The van der Waals surface area contributed by atoms with Gasteiger partial charge in [-0.25, -0.2) is 0 Å². The summed E-state index contributed by atoms with van der Waals surface area (Å²) >= 11 is 4.21. The molecule has 0 aromatic heterocycles. The van der Waals surface area contributed by atoms with Crippen LogP contribution in [0.2, 0.25) is 0 Å². The smallest absolute Gasteiger partial charge is 0.0671 e. The van der Waals surface area contributed by atoms with Crippen molar-refractivity contribution in [2.45, 2.75) is 30.2 Å². The topological polar surface area (TPSA) is 32.3 Å². The monoisotopic (exact) mass is 147 g/mol. The van der Waals surface area contributed by atoms with Crippen LogP contribution in [-0.2, 0) is 0 Å². The fourth-order valence-corrected chi connectivity index (χ4v) is 1.61. The second-order valence-corrected chi connectivity index (χ2v) is 3.25. The summed E-state index contributed by atoms with van der Waals surface area (Å²) in [5.41, 5.74) is 0. The lowest BCUT2D eigenvalue weighted by Crippen LogP contribution is -2.21. The minimum absolute atomic E-state index is 0.183. The van der Waals surface area contributed by atoms with Crippen molar-refractivity contribution < 1.29 is 5.11 Å². The average Bonchev–Trinajstić information content (AvgIpc) is 2.13. The average molecular weight is 147 g/mol. The van der Waals surface area contributed by atoms with E-state index in [4.69, 9.17) is 0 Å². The Hall–Kier alpha value is 0.270. The minimum Gasteiger partial charge on any atom is -0.392 e. The van der Waals surface area contributed by atoms with E-state index in [0.717, 1.165) is 12.8 Å². The first-order valence-electron chi connectivity index (χ1n) is 3.27. The first kappa shape index (κ1) is 7.38. The number of hydrogen-bond acceptors (Lipinski definition) is 3. The van der Waals surface area contributed by atoms with Crippen LogP contribution in [0.3, 0.4) is 0 Å². The number of rotatable bonds is 1. The number of aliphatic hydroxyl groups excluding tert-OH is 1. The SMILES string of the molecule is CN[C@H]1C[C@H](O)[C@@H](S)C1. The minimum atomic E-state index is -0.203. The van der Waals surface area contributed by atoms with E-state index in [9.17, 15) is 5.11 Å². The highest BCUT2D eigenvalue weighted by Gasteiger charge is 2.28. The van der Waals surface area contributed by atoms with Gasteiger partial charge in [0.15, 0.2) is 0 Å².